The lowest BCUT2D eigenvalue weighted by Crippen LogP contribution is -2.32. The number of hydrogen-bond acceptors (Lipinski definition) is 2. The fourth-order valence-electron chi connectivity index (χ4n) is 3.74. The highest BCUT2D eigenvalue weighted by Gasteiger charge is 2.30. The van der Waals surface area contributed by atoms with Gasteiger partial charge in [-0.2, -0.15) is 0 Å². The molecule has 2 aromatic carbocycles. The summed E-state index contributed by atoms with van der Waals surface area (Å²) in [6.45, 7) is 6.38. The van der Waals surface area contributed by atoms with Gasteiger partial charge in [-0.3, -0.25) is 0 Å². The Kier molecular flexibility index (Phi) is 4.27. The van der Waals surface area contributed by atoms with Crippen LogP contribution in [0.15, 0.2) is 59.1 Å². The van der Waals surface area contributed by atoms with Crippen molar-refractivity contribution in [3.8, 4) is 11.3 Å². The van der Waals surface area contributed by atoms with E-state index in [1.165, 1.54) is 5.56 Å². The Morgan fingerprint density at radius 2 is 1.81 bits per heavy atom. The van der Waals surface area contributed by atoms with E-state index in [2.05, 4.69) is 75.0 Å². The van der Waals surface area contributed by atoms with Gasteiger partial charge in [0.2, 0.25) is 5.69 Å². The first-order valence-electron chi connectivity index (χ1n) is 9.45. The third-order valence-electron chi connectivity index (χ3n) is 5.58. The maximum atomic E-state index is 6.38. The van der Waals surface area contributed by atoms with Gasteiger partial charge in [0.15, 0.2) is 6.20 Å². The second kappa shape index (κ2) is 6.50. The van der Waals surface area contributed by atoms with Crippen molar-refractivity contribution in [2.75, 3.05) is 7.11 Å². The van der Waals surface area contributed by atoms with Crippen molar-refractivity contribution >= 4 is 21.9 Å². The average Bonchev–Trinajstić information content (AvgIpc) is 3.06. The third kappa shape index (κ3) is 2.83. The molecule has 0 spiro atoms. The molecular formula is C24H26NO2+. The van der Waals surface area contributed by atoms with Gasteiger partial charge in [0.25, 0.3) is 0 Å². The zero-order valence-corrected chi connectivity index (χ0v) is 16.7. The van der Waals surface area contributed by atoms with E-state index in [1.807, 2.05) is 12.1 Å². The molecule has 138 valence electrons. The van der Waals surface area contributed by atoms with Crippen LogP contribution in [0.3, 0.4) is 0 Å². The number of ether oxygens (including phenoxy) is 1. The molecule has 4 rings (SSSR count). The lowest BCUT2D eigenvalue weighted by Gasteiger charge is -2.25. The molecule has 0 radical (unpaired) electrons. The van der Waals surface area contributed by atoms with Gasteiger partial charge < -0.3 is 9.15 Å². The maximum absolute atomic E-state index is 6.38. The number of furan rings is 1. The number of rotatable bonds is 4. The molecule has 4 aromatic rings. The van der Waals surface area contributed by atoms with Crippen molar-refractivity contribution in [3.05, 3.63) is 65.9 Å². The van der Waals surface area contributed by atoms with Gasteiger partial charge in [-0.25, -0.2) is 4.57 Å². The first-order valence-corrected chi connectivity index (χ1v) is 9.45. The van der Waals surface area contributed by atoms with Crippen LogP contribution in [0.2, 0.25) is 0 Å². The standard InChI is InChI=1S/C24H26NO2/c1-6-16-13-14-25(4)20(15-16)22-19(24(2,3)26-5)12-11-18-17-9-7-8-10-21(17)27-23(18)22/h7-15H,6H2,1-5H3/q+1. The summed E-state index contributed by atoms with van der Waals surface area (Å²) in [5, 5.41) is 2.28. The van der Waals surface area contributed by atoms with E-state index < -0.39 is 5.60 Å². The van der Waals surface area contributed by atoms with Gasteiger partial charge in [-0.05, 0) is 31.9 Å². The second-order valence-electron chi connectivity index (χ2n) is 7.56. The van der Waals surface area contributed by atoms with E-state index in [1.54, 1.807) is 7.11 Å². The van der Waals surface area contributed by atoms with Crippen LogP contribution in [0, 0.1) is 0 Å². The number of nitrogens with zero attached hydrogens (tertiary/aromatic N) is 1. The summed E-state index contributed by atoms with van der Waals surface area (Å²) in [5.41, 5.74) is 6.07. The van der Waals surface area contributed by atoms with Gasteiger partial charge in [0.05, 0.1) is 11.2 Å². The van der Waals surface area contributed by atoms with Gasteiger partial charge in [-0.15, -0.1) is 0 Å². The predicted molar refractivity (Wildman–Crippen MR) is 110 cm³/mol. The summed E-state index contributed by atoms with van der Waals surface area (Å²) in [7, 11) is 3.84. The molecule has 2 heterocycles. The Morgan fingerprint density at radius 3 is 2.56 bits per heavy atom. The predicted octanol–water partition coefficient (Wildman–Crippen LogP) is 5.52. The first kappa shape index (κ1) is 17.7. The quantitative estimate of drug-likeness (QED) is 0.448. The highest BCUT2D eigenvalue weighted by atomic mass is 16.5. The molecule has 3 nitrogen and oxygen atoms in total. The fraction of sp³-hybridized carbons (Fsp3) is 0.292. The zero-order chi connectivity index (χ0) is 19.2. The Labute approximate surface area is 160 Å². The van der Waals surface area contributed by atoms with E-state index in [0.717, 1.165) is 45.2 Å². The molecule has 0 amide bonds. The minimum Gasteiger partial charge on any atom is -0.455 e. The van der Waals surface area contributed by atoms with Crippen molar-refractivity contribution in [1.82, 2.24) is 0 Å². The normalized spacial score (nSPS) is 12.2. The van der Waals surface area contributed by atoms with E-state index in [0.29, 0.717) is 0 Å². The maximum Gasteiger partial charge on any atom is 0.216 e. The van der Waals surface area contributed by atoms with E-state index in [-0.39, 0.29) is 0 Å². The molecule has 0 aliphatic rings. The summed E-state index contributed by atoms with van der Waals surface area (Å²) in [4.78, 5) is 0. The van der Waals surface area contributed by atoms with Crippen LogP contribution >= 0.6 is 0 Å². The minimum atomic E-state index is -0.433. The lowest BCUT2D eigenvalue weighted by atomic mass is 9.89. The topological polar surface area (TPSA) is 26.2 Å². The highest BCUT2D eigenvalue weighted by Crippen LogP contribution is 2.41. The number of para-hydroxylation sites is 1. The smallest absolute Gasteiger partial charge is 0.216 e. The fourth-order valence-corrected chi connectivity index (χ4v) is 3.74. The summed E-state index contributed by atoms with van der Waals surface area (Å²) in [6, 6.07) is 17.0. The van der Waals surface area contributed by atoms with Crippen LogP contribution in [0.1, 0.15) is 31.9 Å². The molecule has 0 unspecified atom stereocenters. The summed E-state index contributed by atoms with van der Waals surface area (Å²) >= 11 is 0. The first-order chi connectivity index (χ1) is 13.0. The highest BCUT2D eigenvalue weighted by molar-refractivity contribution is 6.09. The molecule has 0 fully saturated rings. The van der Waals surface area contributed by atoms with Crippen molar-refractivity contribution in [1.29, 1.82) is 0 Å². The van der Waals surface area contributed by atoms with Gasteiger partial charge >= 0.3 is 0 Å². The minimum absolute atomic E-state index is 0.433. The van der Waals surface area contributed by atoms with Crippen LogP contribution in [0.5, 0.6) is 0 Å². The molecule has 2 aromatic heterocycles. The Bertz CT molecular complexity index is 1140. The SMILES string of the molecule is CCc1cc[n+](C)c(-c2c(C(C)(C)OC)ccc3c2oc2ccccc23)c1. The van der Waals surface area contributed by atoms with Crippen LogP contribution < -0.4 is 4.57 Å². The largest absolute Gasteiger partial charge is 0.455 e. The lowest BCUT2D eigenvalue weighted by molar-refractivity contribution is -0.660. The second-order valence-corrected chi connectivity index (χ2v) is 7.56. The number of aryl methyl sites for hydroxylation is 2. The number of pyridine rings is 1. The van der Waals surface area contributed by atoms with Crippen LogP contribution in [-0.4, -0.2) is 7.11 Å². The van der Waals surface area contributed by atoms with E-state index >= 15 is 0 Å². The van der Waals surface area contributed by atoms with E-state index in [4.69, 9.17) is 9.15 Å². The molecule has 3 heteroatoms. The van der Waals surface area contributed by atoms with Gasteiger partial charge in [-0.1, -0.05) is 37.3 Å². The van der Waals surface area contributed by atoms with Gasteiger partial charge in [0, 0.05) is 35.6 Å². The van der Waals surface area contributed by atoms with Crippen molar-refractivity contribution in [3.63, 3.8) is 0 Å². The summed E-state index contributed by atoms with van der Waals surface area (Å²) in [6.07, 6.45) is 3.12. The van der Waals surface area contributed by atoms with Crippen molar-refractivity contribution in [2.45, 2.75) is 32.8 Å². The van der Waals surface area contributed by atoms with Crippen molar-refractivity contribution in [2.24, 2.45) is 7.05 Å². The van der Waals surface area contributed by atoms with Crippen molar-refractivity contribution < 1.29 is 13.7 Å². The molecule has 0 atom stereocenters. The Balaban J connectivity index is 2.16. The van der Waals surface area contributed by atoms with Crippen LogP contribution in [-0.2, 0) is 23.8 Å². The molecule has 27 heavy (non-hydrogen) atoms. The molecule has 0 N–H and O–H groups in total. The van der Waals surface area contributed by atoms with Crippen LogP contribution in [0.4, 0.5) is 0 Å². The molecule has 0 aliphatic heterocycles. The summed E-state index contributed by atoms with van der Waals surface area (Å²) in [5.74, 6) is 0. The van der Waals surface area contributed by atoms with Crippen LogP contribution in [0.25, 0.3) is 33.2 Å². The monoisotopic (exact) mass is 360 g/mol. The number of aromatic nitrogens is 1. The molecule has 0 saturated carbocycles. The molecule has 0 bridgehead atoms. The number of fused-ring (bicyclic) bond motifs is 3. The average molecular weight is 360 g/mol. The third-order valence-corrected chi connectivity index (χ3v) is 5.58. The Morgan fingerprint density at radius 1 is 1.04 bits per heavy atom. The molecule has 0 aliphatic carbocycles. The zero-order valence-electron chi connectivity index (χ0n) is 16.7. The number of methoxy groups -OCH3 is 1. The van der Waals surface area contributed by atoms with Gasteiger partial charge in [0.1, 0.15) is 18.2 Å². The number of hydrogen-bond donors (Lipinski definition) is 0. The Hall–Kier alpha value is -2.65. The van der Waals surface area contributed by atoms with E-state index in [9.17, 15) is 0 Å². The molecule has 0 saturated heterocycles. The number of benzene rings is 2. The summed E-state index contributed by atoms with van der Waals surface area (Å²) < 4.78 is 14.4. The molecular weight excluding hydrogens is 334 g/mol.